The van der Waals surface area contributed by atoms with Crippen LogP contribution in [0.4, 0.5) is 0 Å². The van der Waals surface area contributed by atoms with Crippen LogP contribution in [0.25, 0.3) is 0 Å². The average Bonchev–Trinajstić information content (AvgIpc) is 2.13. The van der Waals surface area contributed by atoms with Crippen molar-refractivity contribution in [2.45, 2.75) is 19.5 Å². The molecule has 0 spiro atoms. The zero-order chi connectivity index (χ0) is 13.1. The Hall–Kier alpha value is 0.0200. The maximum Gasteiger partial charge on any atom is 0.148 e. The molecule has 4 nitrogen and oxygen atoms in total. The van der Waals surface area contributed by atoms with Gasteiger partial charge in [-0.25, -0.2) is 8.42 Å². The molecule has 0 saturated carbocycles. The number of rotatable bonds is 5. The summed E-state index contributed by atoms with van der Waals surface area (Å²) in [4.78, 5) is 4.24. The standard InChI is InChI=1S/C10H14Br2N2O2S/c1-7(6-17(2,15)16)13-5-10-9(12)3-8(11)4-14-10/h3-4,7,13H,5-6H2,1-2H3. The number of pyridine rings is 1. The second-order valence-corrected chi connectivity index (χ2v) is 7.91. The molecule has 0 aliphatic carbocycles. The molecule has 1 aromatic rings. The van der Waals surface area contributed by atoms with E-state index in [9.17, 15) is 8.42 Å². The third-order valence-electron chi connectivity index (χ3n) is 2.05. The van der Waals surface area contributed by atoms with E-state index < -0.39 is 9.84 Å². The molecule has 1 rings (SSSR count). The van der Waals surface area contributed by atoms with Crippen molar-refractivity contribution < 1.29 is 8.42 Å². The largest absolute Gasteiger partial charge is 0.308 e. The molecule has 0 fully saturated rings. The SMILES string of the molecule is CC(CS(C)(=O)=O)NCc1ncc(Br)cc1Br. The Morgan fingerprint density at radius 3 is 2.65 bits per heavy atom. The molecule has 1 heterocycles. The van der Waals surface area contributed by atoms with Gasteiger partial charge < -0.3 is 5.32 Å². The molecular weight excluding hydrogens is 372 g/mol. The van der Waals surface area contributed by atoms with Crippen molar-refractivity contribution in [3.8, 4) is 0 Å². The Morgan fingerprint density at radius 1 is 1.47 bits per heavy atom. The summed E-state index contributed by atoms with van der Waals surface area (Å²) in [6, 6.07) is 1.81. The lowest BCUT2D eigenvalue weighted by molar-refractivity contribution is 0.555. The van der Waals surface area contributed by atoms with Gasteiger partial charge in [0.25, 0.3) is 0 Å². The van der Waals surface area contributed by atoms with E-state index in [1.807, 2.05) is 13.0 Å². The van der Waals surface area contributed by atoms with Crippen molar-refractivity contribution in [2.24, 2.45) is 0 Å². The van der Waals surface area contributed by atoms with Crippen LogP contribution in [-0.2, 0) is 16.4 Å². The van der Waals surface area contributed by atoms with Crippen LogP contribution in [0.15, 0.2) is 21.2 Å². The van der Waals surface area contributed by atoms with Crippen molar-refractivity contribution >= 4 is 41.7 Å². The van der Waals surface area contributed by atoms with Crippen molar-refractivity contribution in [1.82, 2.24) is 10.3 Å². The highest BCUT2D eigenvalue weighted by Gasteiger charge is 2.11. The normalized spacial score (nSPS) is 13.6. The van der Waals surface area contributed by atoms with E-state index in [0.717, 1.165) is 14.6 Å². The second-order valence-electron chi connectivity index (χ2n) is 3.96. The fourth-order valence-electron chi connectivity index (χ4n) is 1.36. The van der Waals surface area contributed by atoms with Crippen molar-refractivity contribution in [1.29, 1.82) is 0 Å². The number of nitrogens with zero attached hydrogens (tertiary/aromatic N) is 1. The Labute approximate surface area is 118 Å². The van der Waals surface area contributed by atoms with E-state index in [0.29, 0.717) is 6.54 Å². The van der Waals surface area contributed by atoms with Crippen molar-refractivity contribution in [3.63, 3.8) is 0 Å². The predicted octanol–water partition coefficient (Wildman–Crippen LogP) is 2.13. The van der Waals surface area contributed by atoms with Gasteiger partial charge in [0, 0.05) is 34.0 Å². The highest BCUT2D eigenvalue weighted by Crippen LogP contribution is 2.19. The monoisotopic (exact) mass is 384 g/mol. The summed E-state index contributed by atoms with van der Waals surface area (Å²) in [6.07, 6.45) is 2.95. The molecule has 96 valence electrons. The summed E-state index contributed by atoms with van der Waals surface area (Å²) in [6.45, 7) is 2.37. The van der Waals surface area contributed by atoms with Gasteiger partial charge in [-0.15, -0.1) is 0 Å². The molecule has 1 atom stereocenters. The fourth-order valence-corrected chi connectivity index (χ4v) is 3.51. The molecule has 1 aromatic heterocycles. The Bertz CT molecular complexity index is 491. The lowest BCUT2D eigenvalue weighted by Crippen LogP contribution is -2.32. The maximum atomic E-state index is 11.1. The molecule has 1 N–H and O–H groups in total. The summed E-state index contributed by atoms with van der Waals surface area (Å²) < 4.78 is 24.0. The first-order chi connectivity index (χ1) is 7.78. The van der Waals surface area contributed by atoms with E-state index in [-0.39, 0.29) is 11.8 Å². The first-order valence-electron chi connectivity index (χ1n) is 4.99. The fraction of sp³-hybridized carbons (Fsp3) is 0.500. The van der Waals surface area contributed by atoms with Gasteiger partial charge in [-0.05, 0) is 44.8 Å². The van der Waals surface area contributed by atoms with Crippen LogP contribution < -0.4 is 5.32 Å². The molecule has 0 bridgehead atoms. The number of nitrogens with one attached hydrogen (secondary N) is 1. The molecule has 17 heavy (non-hydrogen) atoms. The highest BCUT2D eigenvalue weighted by molar-refractivity contribution is 9.11. The zero-order valence-electron chi connectivity index (χ0n) is 9.57. The molecule has 0 aliphatic rings. The number of aromatic nitrogens is 1. The minimum atomic E-state index is -2.95. The second kappa shape index (κ2) is 6.26. The molecule has 7 heteroatoms. The molecule has 0 aliphatic heterocycles. The van der Waals surface area contributed by atoms with E-state index in [2.05, 4.69) is 42.2 Å². The summed E-state index contributed by atoms with van der Waals surface area (Å²) in [5, 5.41) is 3.13. The van der Waals surface area contributed by atoms with E-state index >= 15 is 0 Å². The van der Waals surface area contributed by atoms with Crippen LogP contribution in [-0.4, -0.2) is 31.5 Å². The number of halogens is 2. The van der Waals surface area contributed by atoms with E-state index in [4.69, 9.17) is 0 Å². The van der Waals surface area contributed by atoms with Gasteiger partial charge in [0.2, 0.25) is 0 Å². The van der Waals surface area contributed by atoms with Gasteiger partial charge in [-0.2, -0.15) is 0 Å². The van der Waals surface area contributed by atoms with Crippen LogP contribution in [0.5, 0.6) is 0 Å². The van der Waals surface area contributed by atoms with Crippen molar-refractivity contribution in [2.75, 3.05) is 12.0 Å². The highest BCUT2D eigenvalue weighted by atomic mass is 79.9. The van der Waals surface area contributed by atoms with Crippen LogP contribution in [0.3, 0.4) is 0 Å². The molecule has 0 saturated heterocycles. The number of sulfone groups is 1. The topological polar surface area (TPSA) is 59.1 Å². The molecule has 0 aromatic carbocycles. The van der Waals surface area contributed by atoms with Gasteiger partial charge in [0.05, 0.1) is 11.4 Å². The Morgan fingerprint density at radius 2 is 2.12 bits per heavy atom. The number of hydrogen-bond acceptors (Lipinski definition) is 4. The summed E-state index contributed by atoms with van der Waals surface area (Å²) in [5.41, 5.74) is 0.855. The summed E-state index contributed by atoms with van der Waals surface area (Å²) in [5.74, 6) is 0.126. The summed E-state index contributed by atoms with van der Waals surface area (Å²) >= 11 is 6.73. The third kappa shape index (κ3) is 5.94. The smallest absolute Gasteiger partial charge is 0.148 e. The molecule has 0 radical (unpaired) electrons. The van der Waals surface area contributed by atoms with Gasteiger partial charge in [-0.3, -0.25) is 4.98 Å². The van der Waals surface area contributed by atoms with Gasteiger partial charge >= 0.3 is 0 Å². The molecule has 1 unspecified atom stereocenters. The van der Waals surface area contributed by atoms with Crippen LogP contribution in [0.2, 0.25) is 0 Å². The lowest BCUT2D eigenvalue weighted by Gasteiger charge is -2.13. The molecule has 0 amide bonds. The van der Waals surface area contributed by atoms with E-state index in [1.165, 1.54) is 6.26 Å². The predicted molar refractivity (Wildman–Crippen MR) is 75.6 cm³/mol. The first kappa shape index (κ1) is 15.1. The maximum absolute atomic E-state index is 11.1. The minimum absolute atomic E-state index is 0.0950. The summed E-state index contributed by atoms with van der Waals surface area (Å²) in [7, 11) is -2.95. The zero-order valence-corrected chi connectivity index (χ0v) is 13.6. The number of hydrogen-bond donors (Lipinski definition) is 1. The van der Waals surface area contributed by atoms with Crippen LogP contribution in [0.1, 0.15) is 12.6 Å². The first-order valence-corrected chi connectivity index (χ1v) is 8.63. The quantitative estimate of drug-likeness (QED) is 0.843. The Kier molecular flexibility index (Phi) is 5.56. The molecular formula is C10H14Br2N2O2S. The van der Waals surface area contributed by atoms with Crippen LogP contribution >= 0.6 is 31.9 Å². The average molecular weight is 386 g/mol. The third-order valence-corrected chi connectivity index (χ3v) is 4.28. The lowest BCUT2D eigenvalue weighted by atomic mass is 10.3. The van der Waals surface area contributed by atoms with Gasteiger partial charge in [0.1, 0.15) is 9.84 Å². The Balaban J connectivity index is 2.56. The van der Waals surface area contributed by atoms with Gasteiger partial charge in [0.15, 0.2) is 0 Å². The van der Waals surface area contributed by atoms with Crippen LogP contribution in [0, 0.1) is 0 Å². The van der Waals surface area contributed by atoms with Crippen molar-refractivity contribution in [3.05, 3.63) is 26.9 Å². The van der Waals surface area contributed by atoms with E-state index in [1.54, 1.807) is 6.20 Å². The van der Waals surface area contributed by atoms with Gasteiger partial charge in [-0.1, -0.05) is 0 Å². The minimum Gasteiger partial charge on any atom is -0.308 e.